The van der Waals surface area contributed by atoms with Gasteiger partial charge in [0.15, 0.2) is 0 Å². The summed E-state index contributed by atoms with van der Waals surface area (Å²) in [6.07, 6.45) is -3.31. The third kappa shape index (κ3) is 5.27. The molecule has 0 saturated carbocycles. The normalized spacial score (nSPS) is 12.2. The van der Waals surface area contributed by atoms with Gasteiger partial charge in [-0.15, -0.1) is 0 Å². The Morgan fingerprint density at radius 2 is 1.65 bits per heavy atom. The van der Waals surface area contributed by atoms with E-state index >= 15 is 0 Å². The summed E-state index contributed by atoms with van der Waals surface area (Å²) in [5, 5.41) is 0. The monoisotopic (exact) mass is 409 g/mol. The Morgan fingerprint density at radius 1 is 1.04 bits per heavy atom. The summed E-state index contributed by atoms with van der Waals surface area (Å²) in [6.45, 7) is 1.87. The molecule has 8 heteroatoms. The number of sulfonamides is 1. The maximum absolute atomic E-state index is 12.6. The van der Waals surface area contributed by atoms with Crippen LogP contribution in [-0.2, 0) is 16.2 Å². The molecular formula is C15H14F3NO2SSe. The molecule has 2 aromatic carbocycles. The number of alkyl halides is 3. The van der Waals surface area contributed by atoms with Gasteiger partial charge < -0.3 is 0 Å². The van der Waals surface area contributed by atoms with Crippen LogP contribution in [0.25, 0.3) is 0 Å². The molecule has 1 N–H and O–H groups in total. The summed E-state index contributed by atoms with van der Waals surface area (Å²) < 4.78 is 64.5. The molecule has 0 aliphatic rings. The van der Waals surface area contributed by atoms with Crippen molar-refractivity contribution in [3.05, 3.63) is 53.6 Å². The summed E-state index contributed by atoms with van der Waals surface area (Å²) in [4.78, 5) is 0. The van der Waals surface area contributed by atoms with E-state index in [9.17, 15) is 21.6 Å². The van der Waals surface area contributed by atoms with Crippen molar-refractivity contribution in [2.24, 2.45) is 0 Å². The van der Waals surface area contributed by atoms with Crippen molar-refractivity contribution in [2.45, 2.75) is 13.1 Å². The van der Waals surface area contributed by atoms with Gasteiger partial charge in [0.05, 0.1) is 0 Å². The van der Waals surface area contributed by atoms with Gasteiger partial charge in [0.1, 0.15) is 0 Å². The molecule has 0 radical (unpaired) electrons. The molecule has 0 aromatic heterocycles. The van der Waals surface area contributed by atoms with Gasteiger partial charge in [-0.1, -0.05) is 0 Å². The molecule has 0 aliphatic heterocycles. The van der Waals surface area contributed by atoms with Crippen LogP contribution in [0.3, 0.4) is 0 Å². The van der Waals surface area contributed by atoms with E-state index in [2.05, 4.69) is 4.72 Å². The van der Waals surface area contributed by atoms with Crippen molar-refractivity contribution < 1.29 is 21.6 Å². The predicted octanol–water partition coefficient (Wildman–Crippen LogP) is 2.04. The SMILES string of the molecule is Cc1ccc(NS(C)(=O)=O)c([Se]c2ccc(C(F)(F)F)cc2)c1. The molecule has 0 spiro atoms. The molecular weight excluding hydrogens is 394 g/mol. The van der Waals surface area contributed by atoms with Gasteiger partial charge in [0.25, 0.3) is 0 Å². The Hall–Kier alpha value is -1.50. The van der Waals surface area contributed by atoms with E-state index in [1.54, 1.807) is 12.1 Å². The van der Waals surface area contributed by atoms with Gasteiger partial charge >= 0.3 is 139 Å². The predicted molar refractivity (Wildman–Crippen MR) is 86.1 cm³/mol. The number of aryl methyl sites for hydroxylation is 1. The number of halogens is 3. The topological polar surface area (TPSA) is 46.2 Å². The van der Waals surface area contributed by atoms with Gasteiger partial charge in [-0.3, -0.25) is 0 Å². The standard InChI is InChI=1S/C15H14F3NO2SSe/c1-10-3-8-13(19-22(2,20)21)14(9-10)23-12-6-4-11(5-7-12)15(16,17)18/h3-9,19H,1-2H3. The van der Waals surface area contributed by atoms with Crippen LogP contribution in [0, 0.1) is 6.92 Å². The van der Waals surface area contributed by atoms with E-state index in [4.69, 9.17) is 0 Å². The molecule has 0 saturated heterocycles. The first-order valence-electron chi connectivity index (χ1n) is 6.48. The number of anilines is 1. The van der Waals surface area contributed by atoms with Crippen molar-refractivity contribution in [3.63, 3.8) is 0 Å². The molecule has 124 valence electrons. The number of hydrogen-bond donors (Lipinski definition) is 1. The first-order chi connectivity index (χ1) is 10.5. The van der Waals surface area contributed by atoms with Crippen molar-refractivity contribution in [1.29, 1.82) is 0 Å². The minimum atomic E-state index is -4.36. The van der Waals surface area contributed by atoms with Gasteiger partial charge in [-0.2, -0.15) is 0 Å². The van der Waals surface area contributed by atoms with Gasteiger partial charge in [0.2, 0.25) is 0 Å². The molecule has 2 aromatic rings. The molecule has 0 aliphatic carbocycles. The van der Waals surface area contributed by atoms with Crippen LogP contribution in [0.1, 0.15) is 11.1 Å². The van der Waals surface area contributed by atoms with E-state index in [0.717, 1.165) is 32.9 Å². The maximum atomic E-state index is 12.6. The molecule has 0 bridgehead atoms. The van der Waals surface area contributed by atoms with Gasteiger partial charge in [-0.25, -0.2) is 0 Å². The summed E-state index contributed by atoms with van der Waals surface area (Å²) >= 11 is -0.316. The zero-order valence-corrected chi connectivity index (χ0v) is 14.8. The molecule has 0 fully saturated rings. The van der Waals surface area contributed by atoms with E-state index in [1.807, 2.05) is 13.0 Å². The van der Waals surface area contributed by atoms with E-state index in [0.29, 0.717) is 5.69 Å². The quantitative estimate of drug-likeness (QED) is 0.788. The summed E-state index contributed by atoms with van der Waals surface area (Å²) in [5.41, 5.74) is 0.710. The van der Waals surface area contributed by atoms with E-state index < -0.39 is 21.8 Å². The fraction of sp³-hybridized carbons (Fsp3) is 0.200. The van der Waals surface area contributed by atoms with Gasteiger partial charge in [0, 0.05) is 0 Å². The molecule has 2 rings (SSSR count). The fourth-order valence-corrected chi connectivity index (χ4v) is 4.66. The van der Waals surface area contributed by atoms with Crippen molar-refractivity contribution in [2.75, 3.05) is 11.0 Å². The number of nitrogens with one attached hydrogen (secondary N) is 1. The Labute approximate surface area is 139 Å². The number of hydrogen-bond acceptors (Lipinski definition) is 2. The Morgan fingerprint density at radius 3 is 2.17 bits per heavy atom. The average molecular weight is 408 g/mol. The van der Waals surface area contributed by atoms with Gasteiger partial charge in [-0.05, 0) is 0 Å². The first-order valence-corrected chi connectivity index (χ1v) is 10.1. The van der Waals surface area contributed by atoms with Crippen LogP contribution < -0.4 is 13.6 Å². The number of benzene rings is 2. The summed E-state index contributed by atoms with van der Waals surface area (Å²) in [7, 11) is -3.42. The van der Waals surface area contributed by atoms with Crippen LogP contribution in [0.2, 0.25) is 0 Å². The van der Waals surface area contributed by atoms with Crippen LogP contribution in [-0.4, -0.2) is 29.6 Å². The van der Waals surface area contributed by atoms with Crippen molar-refractivity contribution in [3.8, 4) is 0 Å². The Bertz CT molecular complexity index is 802. The number of rotatable bonds is 4. The summed E-state index contributed by atoms with van der Waals surface area (Å²) in [5.74, 6) is 0. The van der Waals surface area contributed by atoms with Crippen LogP contribution in [0.4, 0.5) is 18.9 Å². The third-order valence-electron chi connectivity index (χ3n) is 2.84. The second kappa shape index (κ2) is 6.55. The van der Waals surface area contributed by atoms with E-state index in [-0.39, 0.29) is 15.0 Å². The van der Waals surface area contributed by atoms with Crippen LogP contribution in [0.5, 0.6) is 0 Å². The first kappa shape index (κ1) is 17.8. The Kier molecular flexibility index (Phi) is 5.08. The molecule has 0 atom stereocenters. The second-order valence-electron chi connectivity index (χ2n) is 5.00. The average Bonchev–Trinajstić information content (AvgIpc) is 2.40. The fourth-order valence-electron chi connectivity index (χ4n) is 1.84. The molecule has 3 nitrogen and oxygen atoms in total. The molecule has 0 amide bonds. The molecule has 23 heavy (non-hydrogen) atoms. The van der Waals surface area contributed by atoms with Crippen molar-refractivity contribution in [1.82, 2.24) is 0 Å². The third-order valence-corrected chi connectivity index (χ3v) is 5.67. The van der Waals surface area contributed by atoms with E-state index in [1.165, 1.54) is 12.1 Å². The van der Waals surface area contributed by atoms with Crippen molar-refractivity contribution >= 4 is 39.6 Å². The molecule has 0 heterocycles. The van der Waals surface area contributed by atoms with Crippen LogP contribution >= 0.6 is 0 Å². The van der Waals surface area contributed by atoms with Crippen LogP contribution in [0.15, 0.2) is 42.5 Å². The zero-order valence-electron chi connectivity index (χ0n) is 12.3. The zero-order chi connectivity index (χ0) is 17.3. The summed E-state index contributed by atoms with van der Waals surface area (Å²) in [6, 6.07) is 10.2. The second-order valence-corrected chi connectivity index (χ2v) is 9.09. The molecule has 0 unspecified atom stereocenters. The Balaban J connectivity index is 2.30. The minimum absolute atomic E-state index is 0.316.